The van der Waals surface area contributed by atoms with Crippen LogP contribution in [0.15, 0.2) is 10.3 Å². The lowest BCUT2D eigenvalue weighted by Gasteiger charge is -2.25. The summed E-state index contributed by atoms with van der Waals surface area (Å²) >= 11 is 0.953. The van der Waals surface area contributed by atoms with E-state index in [1.165, 1.54) is 4.31 Å². The minimum atomic E-state index is -3.76. The normalized spacial score (nSPS) is 12.3. The largest absolute Gasteiger partial charge is 0.477 e. The predicted octanol–water partition coefficient (Wildman–Crippen LogP) is 2.56. The summed E-state index contributed by atoms with van der Waals surface area (Å²) < 4.78 is 26.6. The molecule has 0 amide bonds. The molecule has 0 atom stereocenters. The van der Waals surface area contributed by atoms with Gasteiger partial charge in [-0.3, -0.25) is 0 Å². The topological polar surface area (TPSA) is 74.7 Å². The third-order valence-corrected chi connectivity index (χ3v) is 6.18. The Balaban J connectivity index is 3.41. The molecule has 108 valence electrons. The summed E-state index contributed by atoms with van der Waals surface area (Å²) in [5.74, 6) is -1.20. The molecule has 7 heteroatoms. The summed E-state index contributed by atoms with van der Waals surface area (Å²) in [5.41, 5.74) is 0.490. The van der Waals surface area contributed by atoms with E-state index in [1.807, 2.05) is 6.92 Å². The number of aryl methyl sites for hydroxylation is 1. The van der Waals surface area contributed by atoms with Crippen LogP contribution in [0.5, 0.6) is 0 Å². The molecule has 0 aromatic carbocycles. The molecule has 19 heavy (non-hydrogen) atoms. The van der Waals surface area contributed by atoms with Gasteiger partial charge in [0.1, 0.15) is 9.77 Å². The monoisotopic (exact) mass is 305 g/mol. The fourth-order valence-electron chi connectivity index (χ4n) is 1.90. The van der Waals surface area contributed by atoms with Gasteiger partial charge in [0, 0.05) is 12.6 Å². The van der Waals surface area contributed by atoms with Crippen molar-refractivity contribution in [2.75, 3.05) is 6.54 Å². The Labute approximate surface area is 117 Å². The number of hydrogen-bond acceptors (Lipinski definition) is 4. The van der Waals surface area contributed by atoms with Crippen molar-refractivity contribution in [1.82, 2.24) is 4.31 Å². The fraction of sp³-hybridized carbons (Fsp3) is 0.583. The van der Waals surface area contributed by atoms with Crippen molar-refractivity contribution < 1.29 is 18.3 Å². The van der Waals surface area contributed by atoms with Gasteiger partial charge in [0.15, 0.2) is 0 Å². The first kappa shape index (κ1) is 16.1. The van der Waals surface area contributed by atoms with Crippen LogP contribution in [0, 0.1) is 6.92 Å². The zero-order valence-corrected chi connectivity index (χ0v) is 13.1. The van der Waals surface area contributed by atoms with Gasteiger partial charge in [0.05, 0.1) is 0 Å². The molecule has 1 aromatic heterocycles. The second kappa shape index (κ2) is 6.02. The third kappa shape index (κ3) is 3.16. The summed E-state index contributed by atoms with van der Waals surface area (Å²) in [4.78, 5) is 11.0. The molecule has 1 aromatic rings. The molecule has 0 saturated carbocycles. The van der Waals surface area contributed by atoms with Gasteiger partial charge in [0.25, 0.3) is 0 Å². The average molecular weight is 305 g/mol. The van der Waals surface area contributed by atoms with Crippen LogP contribution in [0.4, 0.5) is 0 Å². The van der Waals surface area contributed by atoms with E-state index in [0.29, 0.717) is 18.5 Å². The summed E-state index contributed by atoms with van der Waals surface area (Å²) in [6, 6.07) is -0.203. The minimum absolute atomic E-state index is 0.0628. The van der Waals surface area contributed by atoms with Gasteiger partial charge in [-0.15, -0.1) is 11.3 Å². The second-order valence-electron chi connectivity index (χ2n) is 4.59. The lowest BCUT2D eigenvalue weighted by Crippen LogP contribution is -2.38. The maximum Gasteiger partial charge on any atom is 0.347 e. The molecule has 0 aliphatic carbocycles. The summed E-state index contributed by atoms with van der Waals surface area (Å²) in [6.07, 6.45) is 0.684. The maximum absolute atomic E-state index is 12.6. The van der Waals surface area contributed by atoms with Crippen molar-refractivity contribution in [3.63, 3.8) is 0 Å². The summed E-state index contributed by atoms with van der Waals surface area (Å²) in [6.45, 7) is 7.48. The molecule has 0 bridgehead atoms. The van der Waals surface area contributed by atoms with Gasteiger partial charge in [-0.05, 0) is 38.1 Å². The number of sulfonamides is 1. The van der Waals surface area contributed by atoms with Crippen molar-refractivity contribution in [2.24, 2.45) is 0 Å². The van der Waals surface area contributed by atoms with E-state index in [1.54, 1.807) is 26.2 Å². The average Bonchev–Trinajstić information content (AvgIpc) is 2.68. The van der Waals surface area contributed by atoms with E-state index < -0.39 is 16.0 Å². The van der Waals surface area contributed by atoms with Gasteiger partial charge in [-0.25, -0.2) is 13.2 Å². The highest BCUT2D eigenvalue weighted by atomic mass is 32.2. The van der Waals surface area contributed by atoms with Crippen LogP contribution in [0.1, 0.15) is 42.4 Å². The lowest BCUT2D eigenvalue weighted by atomic mass is 10.3. The van der Waals surface area contributed by atoms with Gasteiger partial charge in [0.2, 0.25) is 10.0 Å². The molecule has 0 radical (unpaired) electrons. The van der Waals surface area contributed by atoms with Crippen LogP contribution < -0.4 is 0 Å². The van der Waals surface area contributed by atoms with Crippen LogP contribution in [-0.2, 0) is 10.0 Å². The molecule has 0 aliphatic heterocycles. The van der Waals surface area contributed by atoms with Crippen LogP contribution in [0.25, 0.3) is 0 Å². The highest BCUT2D eigenvalue weighted by Crippen LogP contribution is 2.30. The van der Waals surface area contributed by atoms with Crippen molar-refractivity contribution in [1.29, 1.82) is 0 Å². The molecule has 1 N–H and O–H groups in total. The third-order valence-electron chi connectivity index (χ3n) is 2.70. The number of thiophene rings is 1. The van der Waals surface area contributed by atoms with Crippen molar-refractivity contribution in [3.8, 4) is 0 Å². The Morgan fingerprint density at radius 1 is 1.47 bits per heavy atom. The first-order valence-electron chi connectivity index (χ1n) is 6.06. The number of carboxylic acids is 1. The molecule has 5 nitrogen and oxygen atoms in total. The van der Waals surface area contributed by atoms with Crippen LogP contribution in [-0.4, -0.2) is 36.4 Å². The first-order chi connectivity index (χ1) is 8.73. The molecule has 0 aliphatic rings. The summed E-state index contributed by atoms with van der Waals surface area (Å²) in [7, 11) is -3.76. The van der Waals surface area contributed by atoms with E-state index in [9.17, 15) is 13.2 Å². The minimum Gasteiger partial charge on any atom is -0.477 e. The Kier molecular flexibility index (Phi) is 5.11. The summed E-state index contributed by atoms with van der Waals surface area (Å²) in [5, 5.41) is 10.7. The number of carboxylic acid groups (broad SMARTS) is 1. The first-order valence-corrected chi connectivity index (χ1v) is 8.38. The fourth-order valence-corrected chi connectivity index (χ4v) is 5.21. The van der Waals surface area contributed by atoms with Crippen LogP contribution >= 0.6 is 11.3 Å². The van der Waals surface area contributed by atoms with E-state index >= 15 is 0 Å². The lowest BCUT2D eigenvalue weighted by molar-refractivity contribution is 0.0698. The molecule has 0 spiro atoms. The van der Waals surface area contributed by atoms with Gasteiger partial charge < -0.3 is 5.11 Å². The van der Waals surface area contributed by atoms with Crippen molar-refractivity contribution in [2.45, 2.75) is 45.1 Å². The Bertz CT molecular complexity index is 560. The van der Waals surface area contributed by atoms with Crippen molar-refractivity contribution in [3.05, 3.63) is 15.8 Å². The van der Waals surface area contributed by atoms with Gasteiger partial charge >= 0.3 is 5.97 Å². The Hall–Kier alpha value is -0.920. The Morgan fingerprint density at radius 3 is 2.47 bits per heavy atom. The smallest absolute Gasteiger partial charge is 0.347 e. The molecular weight excluding hydrogens is 286 g/mol. The zero-order chi connectivity index (χ0) is 14.8. The highest BCUT2D eigenvalue weighted by Gasteiger charge is 2.33. The standard InChI is InChI=1S/C12H19NO4S2/c1-5-6-13(8(2)3)19(16,17)11-9(4)7-18-10(11)12(14)15/h7-8H,5-6H2,1-4H3,(H,14,15). The molecule has 0 saturated heterocycles. The molecule has 1 heterocycles. The van der Waals surface area contributed by atoms with E-state index in [-0.39, 0.29) is 15.8 Å². The van der Waals surface area contributed by atoms with E-state index in [4.69, 9.17) is 5.11 Å². The number of rotatable bonds is 6. The number of hydrogen-bond donors (Lipinski definition) is 1. The van der Waals surface area contributed by atoms with Crippen LogP contribution in [0.2, 0.25) is 0 Å². The number of nitrogens with zero attached hydrogens (tertiary/aromatic N) is 1. The molecule has 1 rings (SSSR count). The molecular formula is C12H19NO4S2. The second-order valence-corrected chi connectivity index (χ2v) is 7.30. The van der Waals surface area contributed by atoms with E-state index in [0.717, 1.165) is 11.3 Å². The maximum atomic E-state index is 12.6. The quantitative estimate of drug-likeness (QED) is 0.876. The number of aromatic carboxylic acids is 1. The van der Waals surface area contributed by atoms with Gasteiger partial charge in [-0.1, -0.05) is 6.92 Å². The van der Waals surface area contributed by atoms with E-state index in [2.05, 4.69) is 0 Å². The molecule has 0 fully saturated rings. The Morgan fingerprint density at radius 2 is 2.05 bits per heavy atom. The van der Waals surface area contributed by atoms with Gasteiger partial charge in [-0.2, -0.15) is 4.31 Å². The zero-order valence-electron chi connectivity index (χ0n) is 11.5. The SMILES string of the molecule is CCCN(C(C)C)S(=O)(=O)c1c(C)csc1C(=O)O. The predicted molar refractivity (Wildman–Crippen MR) is 75.3 cm³/mol. The van der Waals surface area contributed by atoms with Crippen molar-refractivity contribution >= 4 is 27.3 Å². The highest BCUT2D eigenvalue weighted by molar-refractivity contribution is 7.89. The number of carbonyl (C=O) groups is 1. The molecule has 0 unspecified atom stereocenters. The van der Waals surface area contributed by atoms with Crippen LogP contribution in [0.3, 0.4) is 0 Å².